The number of carbonyl (C=O) groups excluding carboxylic acids is 1. The zero-order valence-corrected chi connectivity index (χ0v) is 7.62. The lowest BCUT2D eigenvalue weighted by Gasteiger charge is -2.01. The Morgan fingerprint density at radius 3 is 2.77 bits per heavy atom. The molecule has 0 atom stereocenters. The van der Waals surface area contributed by atoms with Crippen molar-refractivity contribution in [1.82, 2.24) is 0 Å². The molecule has 0 aromatic rings. The Kier molecular flexibility index (Phi) is 6.34. The van der Waals surface area contributed by atoms with Crippen LogP contribution in [0.25, 0.3) is 0 Å². The number of ether oxygens (including phenoxy) is 1. The number of carbonyl (C=O) groups is 1. The Balaban J connectivity index is 3.70. The molecule has 1 N–H and O–H groups in total. The Hall–Kier alpha value is -1.50. The summed E-state index contributed by atoms with van der Waals surface area (Å²) in [5.74, 6) is -0.763. The van der Waals surface area contributed by atoms with Crippen LogP contribution in [0, 0.1) is 11.3 Å². The molecule has 0 aliphatic heterocycles. The summed E-state index contributed by atoms with van der Waals surface area (Å²) in [6.45, 7) is 2.34. The third-order valence-electron chi connectivity index (χ3n) is 1.45. The van der Waals surface area contributed by atoms with Crippen molar-refractivity contribution in [3.05, 3.63) is 11.8 Å². The molecule has 13 heavy (non-hydrogen) atoms. The molecule has 0 saturated heterocycles. The Labute approximate surface area is 77.4 Å². The molecule has 0 aliphatic rings. The molecule has 4 heteroatoms. The summed E-state index contributed by atoms with van der Waals surface area (Å²) in [6, 6.07) is 1.53. The molecular formula is C9H13NO3. The lowest BCUT2D eigenvalue weighted by atomic mass is 10.3. The molecule has 0 aliphatic carbocycles. The van der Waals surface area contributed by atoms with Gasteiger partial charge in [0.05, 0.1) is 6.61 Å². The van der Waals surface area contributed by atoms with Crippen molar-refractivity contribution in [3.63, 3.8) is 0 Å². The van der Waals surface area contributed by atoms with Gasteiger partial charge in [0.1, 0.15) is 12.3 Å². The minimum atomic E-state index is -0.763. The predicted octanol–water partition coefficient (Wildman–Crippen LogP) is 1.69. The second-order valence-electron chi connectivity index (χ2n) is 2.50. The van der Waals surface area contributed by atoms with Crippen LogP contribution < -0.4 is 0 Å². The van der Waals surface area contributed by atoms with Crippen molar-refractivity contribution in [1.29, 1.82) is 5.26 Å². The molecule has 0 bridgehead atoms. The number of esters is 1. The van der Waals surface area contributed by atoms with Gasteiger partial charge in [-0.3, -0.25) is 0 Å². The lowest BCUT2D eigenvalue weighted by molar-refractivity contribution is -0.138. The van der Waals surface area contributed by atoms with Crippen molar-refractivity contribution >= 4 is 5.97 Å². The van der Waals surface area contributed by atoms with E-state index in [9.17, 15) is 4.79 Å². The van der Waals surface area contributed by atoms with E-state index in [0.717, 1.165) is 19.3 Å². The Morgan fingerprint density at radius 2 is 2.31 bits per heavy atom. The van der Waals surface area contributed by atoms with E-state index in [2.05, 4.69) is 0 Å². The van der Waals surface area contributed by atoms with Crippen LogP contribution in [0.15, 0.2) is 11.8 Å². The van der Waals surface area contributed by atoms with E-state index in [4.69, 9.17) is 15.1 Å². The van der Waals surface area contributed by atoms with Gasteiger partial charge in [-0.25, -0.2) is 4.79 Å². The maximum absolute atomic E-state index is 10.9. The van der Waals surface area contributed by atoms with Gasteiger partial charge >= 0.3 is 5.97 Å². The van der Waals surface area contributed by atoms with E-state index in [0.29, 0.717) is 12.9 Å². The zero-order valence-electron chi connectivity index (χ0n) is 7.62. The first-order valence-electron chi connectivity index (χ1n) is 4.17. The molecule has 0 amide bonds. The number of aliphatic hydroxyl groups is 1. The van der Waals surface area contributed by atoms with Crippen molar-refractivity contribution in [2.24, 2.45) is 0 Å². The van der Waals surface area contributed by atoms with Crippen LogP contribution >= 0.6 is 0 Å². The molecule has 4 nitrogen and oxygen atoms in total. The first-order chi connectivity index (χ1) is 6.26. The quantitative estimate of drug-likeness (QED) is 0.231. The van der Waals surface area contributed by atoms with Gasteiger partial charge in [-0.15, -0.1) is 0 Å². The highest BCUT2D eigenvalue weighted by atomic mass is 16.5. The summed E-state index contributed by atoms with van der Waals surface area (Å²) in [5, 5.41) is 16.7. The van der Waals surface area contributed by atoms with E-state index in [1.165, 1.54) is 6.07 Å². The number of hydrogen-bond acceptors (Lipinski definition) is 4. The van der Waals surface area contributed by atoms with E-state index < -0.39 is 5.97 Å². The number of hydrogen-bond donors (Lipinski definition) is 1. The highest BCUT2D eigenvalue weighted by Gasteiger charge is 2.09. The third kappa shape index (κ3) is 4.86. The van der Waals surface area contributed by atoms with Crippen molar-refractivity contribution in [2.75, 3.05) is 6.61 Å². The first-order valence-corrected chi connectivity index (χ1v) is 4.17. The zero-order chi connectivity index (χ0) is 10.1. The predicted molar refractivity (Wildman–Crippen MR) is 46.8 cm³/mol. The maximum Gasteiger partial charge on any atom is 0.352 e. The summed E-state index contributed by atoms with van der Waals surface area (Å²) in [6.07, 6.45) is 3.27. The molecular weight excluding hydrogens is 170 g/mol. The Bertz CT molecular complexity index is 228. The lowest BCUT2D eigenvalue weighted by Crippen LogP contribution is -2.07. The summed E-state index contributed by atoms with van der Waals surface area (Å²) in [4.78, 5) is 10.9. The normalized spacial score (nSPS) is 10.6. The van der Waals surface area contributed by atoms with Gasteiger partial charge in [0.15, 0.2) is 5.57 Å². The van der Waals surface area contributed by atoms with E-state index in [1.54, 1.807) is 0 Å². The van der Waals surface area contributed by atoms with Gasteiger partial charge in [-0.1, -0.05) is 19.8 Å². The fourth-order valence-electron chi connectivity index (χ4n) is 0.722. The summed E-state index contributed by atoms with van der Waals surface area (Å²) in [7, 11) is 0. The number of unbranched alkanes of at least 4 members (excludes halogenated alkanes) is 2. The fraction of sp³-hybridized carbons (Fsp3) is 0.556. The van der Waals surface area contributed by atoms with Gasteiger partial charge in [0.25, 0.3) is 0 Å². The van der Waals surface area contributed by atoms with Crippen LogP contribution in [0.2, 0.25) is 0 Å². The minimum Gasteiger partial charge on any atom is -0.514 e. The van der Waals surface area contributed by atoms with E-state index >= 15 is 0 Å². The van der Waals surface area contributed by atoms with Crippen LogP contribution in [0.1, 0.15) is 26.2 Å². The Morgan fingerprint density at radius 1 is 1.62 bits per heavy atom. The average molecular weight is 183 g/mol. The second-order valence-corrected chi connectivity index (χ2v) is 2.50. The van der Waals surface area contributed by atoms with Gasteiger partial charge < -0.3 is 9.84 Å². The standard InChI is InChI=1S/C9H13NO3/c1-2-3-4-5-13-9(12)8(6-10)7-11/h7,11H,2-5H2,1H3/b8-7-. The molecule has 0 rings (SSSR count). The summed E-state index contributed by atoms with van der Waals surface area (Å²) < 4.78 is 4.70. The van der Waals surface area contributed by atoms with Crippen molar-refractivity contribution in [3.8, 4) is 6.07 Å². The maximum atomic E-state index is 10.9. The second kappa shape index (κ2) is 7.17. The van der Waals surface area contributed by atoms with Crippen LogP contribution in [-0.4, -0.2) is 17.7 Å². The van der Waals surface area contributed by atoms with E-state index in [1.807, 2.05) is 6.92 Å². The number of aliphatic hydroxyl groups excluding tert-OH is 1. The number of nitrogens with zero attached hydrogens (tertiary/aromatic N) is 1. The van der Waals surface area contributed by atoms with Crippen molar-refractivity contribution in [2.45, 2.75) is 26.2 Å². The van der Waals surface area contributed by atoms with Gasteiger partial charge in [0.2, 0.25) is 0 Å². The molecule has 0 unspecified atom stereocenters. The van der Waals surface area contributed by atoms with Gasteiger partial charge in [-0.05, 0) is 6.42 Å². The average Bonchev–Trinajstić information content (AvgIpc) is 2.14. The highest BCUT2D eigenvalue weighted by molar-refractivity contribution is 5.92. The molecule has 0 radical (unpaired) electrons. The molecule has 0 fully saturated rings. The molecule has 0 aromatic carbocycles. The molecule has 0 heterocycles. The number of rotatable bonds is 5. The van der Waals surface area contributed by atoms with Gasteiger partial charge in [-0.2, -0.15) is 5.26 Å². The summed E-state index contributed by atoms with van der Waals surface area (Å²) in [5.41, 5.74) is -0.364. The number of nitriles is 1. The topological polar surface area (TPSA) is 70.3 Å². The third-order valence-corrected chi connectivity index (χ3v) is 1.45. The monoisotopic (exact) mass is 183 g/mol. The van der Waals surface area contributed by atoms with Crippen molar-refractivity contribution < 1.29 is 14.6 Å². The smallest absolute Gasteiger partial charge is 0.352 e. The SMILES string of the molecule is CCCCCOC(=O)/C(C#N)=C\O. The molecule has 0 aromatic heterocycles. The van der Waals surface area contributed by atoms with Crippen LogP contribution in [0.3, 0.4) is 0 Å². The van der Waals surface area contributed by atoms with Gasteiger partial charge in [0, 0.05) is 0 Å². The van der Waals surface area contributed by atoms with E-state index in [-0.39, 0.29) is 5.57 Å². The van der Waals surface area contributed by atoms with Crippen LogP contribution in [-0.2, 0) is 9.53 Å². The fourth-order valence-corrected chi connectivity index (χ4v) is 0.722. The minimum absolute atomic E-state index is 0.297. The van der Waals surface area contributed by atoms with Crippen LogP contribution in [0.5, 0.6) is 0 Å². The highest BCUT2D eigenvalue weighted by Crippen LogP contribution is 1.98. The summed E-state index contributed by atoms with van der Waals surface area (Å²) >= 11 is 0. The van der Waals surface area contributed by atoms with Crippen LogP contribution in [0.4, 0.5) is 0 Å². The largest absolute Gasteiger partial charge is 0.514 e. The molecule has 72 valence electrons. The molecule has 0 spiro atoms. The first kappa shape index (κ1) is 11.5. The molecule has 0 saturated carbocycles.